The summed E-state index contributed by atoms with van der Waals surface area (Å²) in [6.45, 7) is 3.64. The van der Waals surface area contributed by atoms with Gasteiger partial charge in [0, 0.05) is 26.7 Å². The molecule has 0 unspecified atom stereocenters. The smallest absolute Gasteiger partial charge is 0.191 e. The van der Waals surface area contributed by atoms with Gasteiger partial charge in [0.25, 0.3) is 0 Å². The summed E-state index contributed by atoms with van der Waals surface area (Å²) in [5.74, 6) is 1.70. The Balaban J connectivity index is 0.00000364. The van der Waals surface area contributed by atoms with Crippen LogP contribution in [0.5, 0.6) is 5.75 Å². The zero-order chi connectivity index (χ0) is 18.6. The second-order valence-corrected chi connectivity index (χ2v) is 6.28. The number of nitrogens with zero attached hydrogens (tertiary/aromatic N) is 2. The summed E-state index contributed by atoms with van der Waals surface area (Å²) in [4.78, 5) is 6.62. The van der Waals surface area contributed by atoms with Gasteiger partial charge in [-0.15, -0.1) is 24.0 Å². The van der Waals surface area contributed by atoms with E-state index in [0.29, 0.717) is 0 Å². The normalized spacial score (nSPS) is 11.0. The third-order valence-corrected chi connectivity index (χ3v) is 4.15. The van der Waals surface area contributed by atoms with Crippen LogP contribution in [0.15, 0.2) is 59.6 Å². The number of halogens is 1. The molecule has 2 N–H and O–H groups in total. The molecule has 2 aromatic rings. The summed E-state index contributed by atoms with van der Waals surface area (Å²) in [5, 5.41) is 6.70. The van der Waals surface area contributed by atoms with Crippen molar-refractivity contribution in [3.63, 3.8) is 0 Å². The van der Waals surface area contributed by atoms with Crippen molar-refractivity contribution in [1.82, 2.24) is 15.5 Å². The molecular weight excluding hydrogens is 451 g/mol. The predicted octanol–water partition coefficient (Wildman–Crippen LogP) is 3.50. The first-order valence-corrected chi connectivity index (χ1v) is 9.01. The van der Waals surface area contributed by atoms with E-state index in [0.717, 1.165) is 44.3 Å². The molecule has 0 amide bonds. The number of aliphatic imine (C=N–C) groups is 1. The summed E-state index contributed by atoms with van der Waals surface area (Å²) in [6.07, 6.45) is 1.06. The first kappa shape index (κ1) is 23.2. The number of hydrogen-bond acceptors (Lipinski definition) is 3. The second-order valence-electron chi connectivity index (χ2n) is 6.28. The number of rotatable bonds is 9. The molecular formula is C21H31IN4O. The van der Waals surface area contributed by atoms with Gasteiger partial charge in [0.2, 0.25) is 0 Å². The van der Waals surface area contributed by atoms with E-state index in [1.165, 1.54) is 11.1 Å². The van der Waals surface area contributed by atoms with E-state index < -0.39 is 0 Å². The van der Waals surface area contributed by atoms with E-state index in [4.69, 9.17) is 4.74 Å². The molecule has 27 heavy (non-hydrogen) atoms. The summed E-state index contributed by atoms with van der Waals surface area (Å²) in [5.41, 5.74) is 2.54. The lowest BCUT2D eigenvalue weighted by atomic mass is 10.2. The van der Waals surface area contributed by atoms with Crippen molar-refractivity contribution in [2.45, 2.75) is 19.5 Å². The Bertz CT molecular complexity index is 662. The van der Waals surface area contributed by atoms with E-state index in [1.54, 1.807) is 14.2 Å². The van der Waals surface area contributed by atoms with Crippen LogP contribution in [0.2, 0.25) is 0 Å². The number of guanidine groups is 1. The van der Waals surface area contributed by atoms with Crippen LogP contribution in [0.25, 0.3) is 0 Å². The topological polar surface area (TPSA) is 48.9 Å². The van der Waals surface area contributed by atoms with Gasteiger partial charge in [-0.1, -0.05) is 42.5 Å². The summed E-state index contributed by atoms with van der Waals surface area (Å²) >= 11 is 0. The van der Waals surface area contributed by atoms with Gasteiger partial charge < -0.3 is 20.3 Å². The molecule has 0 saturated carbocycles. The average Bonchev–Trinajstić information content (AvgIpc) is 2.68. The van der Waals surface area contributed by atoms with Crippen molar-refractivity contribution in [2.75, 3.05) is 34.3 Å². The first-order valence-electron chi connectivity index (χ1n) is 9.01. The first-order chi connectivity index (χ1) is 12.7. The van der Waals surface area contributed by atoms with Crippen LogP contribution in [-0.2, 0) is 13.1 Å². The largest absolute Gasteiger partial charge is 0.497 e. The molecule has 148 valence electrons. The second kappa shape index (κ2) is 13.4. The number of ether oxygens (including phenoxy) is 1. The number of hydrogen-bond donors (Lipinski definition) is 2. The molecule has 0 radical (unpaired) electrons. The molecule has 6 heteroatoms. The fourth-order valence-electron chi connectivity index (χ4n) is 2.68. The van der Waals surface area contributed by atoms with E-state index >= 15 is 0 Å². The van der Waals surface area contributed by atoms with Crippen molar-refractivity contribution in [1.29, 1.82) is 0 Å². The Labute approximate surface area is 180 Å². The fraction of sp³-hybridized carbons (Fsp3) is 0.381. The third kappa shape index (κ3) is 9.10. The van der Waals surface area contributed by atoms with E-state index in [1.807, 2.05) is 12.1 Å². The molecule has 0 heterocycles. The lowest BCUT2D eigenvalue weighted by Gasteiger charge is -2.17. The average molecular weight is 482 g/mol. The minimum atomic E-state index is 0. The van der Waals surface area contributed by atoms with Gasteiger partial charge in [-0.25, -0.2) is 0 Å². The number of methoxy groups -OCH3 is 1. The van der Waals surface area contributed by atoms with Crippen molar-refractivity contribution in [3.8, 4) is 5.75 Å². The quantitative estimate of drug-likeness (QED) is 0.249. The molecule has 0 saturated heterocycles. The molecule has 5 nitrogen and oxygen atoms in total. The van der Waals surface area contributed by atoms with Gasteiger partial charge in [0.05, 0.1) is 7.11 Å². The molecule has 0 aliphatic heterocycles. The van der Waals surface area contributed by atoms with Gasteiger partial charge in [0.15, 0.2) is 5.96 Å². The van der Waals surface area contributed by atoms with Crippen LogP contribution in [0.1, 0.15) is 17.5 Å². The van der Waals surface area contributed by atoms with Crippen LogP contribution in [0.4, 0.5) is 0 Å². The van der Waals surface area contributed by atoms with Crippen molar-refractivity contribution < 1.29 is 4.74 Å². The third-order valence-electron chi connectivity index (χ3n) is 4.15. The minimum Gasteiger partial charge on any atom is -0.497 e. The molecule has 0 bridgehead atoms. The van der Waals surface area contributed by atoms with E-state index in [-0.39, 0.29) is 24.0 Å². The van der Waals surface area contributed by atoms with Gasteiger partial charge in [-0.3, -0.25) is 4.99 Å². The Morgan fingerprint density at radius 2 is 1.70 bits per heavy atom. The SMILES string of the molecule is CN=C(NCCCN(C)Cc1ccccc1)NCc1ccc(OC)cc1.I. The zero-order valence-electron chi connectivity index (χ0n) is 16.4. The van der Waals surface area contributed by atoms with Gasteiger partial charge >= 0.3 is 0 Å². The van der Waals surface area contributed by atoms with Crippen LogP contribution in [0.3, 0.4) is 0 Å². The fourth-order valence-corrected chi connectivity index (χ4v) is 2.68. The lowest BCUT2D eigenvalue weighted by molar-refractivity contribution is 0.322. The Hall–Kier alpha value is -1.80. The highest BCUT2D eigenvalue weighted by Gasteiger charge is 2.02. The zero-order valence-corrected chi connectivity index (χ0v) is 18.8. The van der Waals surface area contributed by atoms with Crippen molar-refractivity contribution in [3.05, 3.63) is 65.7 Å². The molecule has 2 rings (SSSR count). The van der Waals surface area contributed by atoms with E-state index in [2.05, 4.69) is 70.0 Å². The van der Waals surface area contributed by atoms with Gasteiger partial charge in [-0.05, 0) is 43.3 Å². The Morgan fingerprint density at radius 1 is 1.00 bits per heavy atom. The molecule has 0 aliphatic carbocycles. The van der Waals surface area contributed by atoms with Crippen molar-refractivity contribution >= 4 is 29.9 Å². The molecule has 0 aromatic heterocycles. The maximum absolute atomic E-state index is 5.18. The van der Waals surface area contributed by atoms with Crippen molar-refractivity contribution in [2.24, 2.45) is 4.99 Å². The molecule has 0 spiro atoms. The van der Waals surface area contributed by atoms with Crippen LogP contribution >= 0.6 is 24.0 Å². The Morgan fingerprint density at radius 3 is 2.33 bits per heavy atom. The number of nitrogens with one attached hydrogen (secondary N) is 2. The van der Waals surface area contributed by atoms with Crippen LogP contribution < -0.4 is 15.4 Å². The summed E-state index contributed by atoms with van der Waals surface area (Å²) in [7, 11) is 5.63. The standard InChI is InChI=1S/C21H30N4O.HI/c1-22-21(24-16-18-10-12-20(26-3)13-11-18)23-14-7-15-25(2)17-19-8-5-4-6-9-19;/h4-6,8-13H,7,14-17H2,1-3H3,(H2,22,23,24);1H. The van der Waals surface area contributed by atoms with E-state index in [9.17, 15) is 0 Å². The van der Waals surface area contributed by atoms with Gasteiger partial charge in [-0.2, -0.15) is 0 Å². The maximum Gasteiger partial charge on any atom is 0.191 e. The molecule has 0 fully saturated rings. The monoisotopic (exact) mass is 482 g/mol. The minimum absolute atomic E-state index is 0. The molecule has 0 aliphatic rings. The predicted molar refractivity (Wildman–Crippen MR) is 124 cm³/mol. The summed E-state index contributed by atoms with van der Waals surface area (Å²) < 4.78 is 5.18. The molecule has 0 atom stereocenters. The van der Waals surface area contributed by atoms with Gasteiger partial charge in [0.1, 0.15) is 5.75 Å². The van der Waals surface area contributed by atoms with Crippen LogP contribution in [-0.4, -0.2) is 45.2 Å². The highest BCUT2D eigenvalue weighted by atomic mass is 127. The Kier molecular flexibility index (Phi) is 11.5. The molecule has 2 aromatic carbocycles. The summed E-state index contributed by atoms with van der Waals surface area (Å²) in [6, 6.07) is 18.6. The maximum atomic E-state index is 5.18. The lowest BCUT2D eigenvalue weighted by Crippen LogP contribution is -2.38. The highest BCUT2D eigenvalue weighted by molar-refractivity contribution is 14.0. The van der Waals surface area contributed by atoms with Crippen LogP contribution in [0, 0.1) is 0 Å². The number of benzene rings is 2. The highest BCUT2D eigenvalue weighted by Crippen LogP contribution is 2.10.